The number of hydrogen-bond acceptors (Lipinski definition) is 5. The number of benzene rings is 2. The van der Waals surface area contributed by atoms with Crippen molar-refractivity contribution in [3.8, 4) is 11.8 Å². The number of aryl methyl sites for hydroxylation is 1. The zero-order chi connectivity index (χ0) is 21.0. The first kappa shape index (κ1) is 20.7. The second kappa shape index (κ2) is 8.53. The number of nitriles is 1. The molecule has 0 aliphatic carbocycles. The Kier molecular flexibility index (Phi) is 6.09. The molecule has 0 unspecified atom stereocenters. The Labute approximate surface area is 171 Å². The van der Waals surface area contributed by atoms with Crippen LogP contribution >= 0.6 is 0 Å². The lowest BCUT2D eigenvalue weighted by Gasteiger charge is -2.29. The van der Waals surface area contributed by atoms with E-state index in [-0.39, 0.29) is 16.7 Å². The lowest BCUT2D eigenvalue weighted by molar-refractivity contribution is 0.0707. The van der Waals surface area contributed by atoms with E-state index >= 15 is 0 Å². The topological polar surface area (TPSA) is 99.5 Å². The number of ether oxygens (including phenoxy) is 1. The molecule has 1 heterocycles. The smallest absolute Gasteiger partial charge is 0.262 e. The van der Waals surface area contributed by atoms with Gasteiger partial charge in [-0.1, -0.05) is 6.07 Å². The quantitative estimate of drug-likeness (QED) is 0.812. The van der Waals surface area contributed by atoms with Crippen LogP contribution in [0, 0.1) is 24.2 Å². The van der Waals surface area contributed by atoms with Gasteiger partial charge < -0.3 is 9.64 Å². The predicted octanol–water partition coefficient (Wildman–Crippen LogP) is 3.18. The van der Waals surface area contributed by atoms with Crippen molar-refractivity contribution in [2.24, 2.45) is 5.92 Å². The van der Waals surface area contributed by atoms with E-state index in [0.717, 1.165) is 0 Å². The van der Waals surface area contributed by atoms with E-state index in [1.54, 1.807) is 48.2 Å². The van der Waals surface area contributed by atoms with E-state index in [2.05, 4.69) is 10.8 Å². The van der Waals surface area contributed by atoms with E-state index in [1.807, 2.05) is 0 Å². The Balaban J connectivity index is 1.82. The number of anilines is 1. The number of carbonyl (C=O) groups is 1. The number of nitrogens with one attached hydrogen (secondary N) is 1. The molecule has 2 aromatic rings. The molecule has 3 rings (SSSR count). The highest BCUT2D eigenvalue weighted by atomic mass is 32.2. The van der Waals surface area contributed by atoms with E-state index in [1.165, 1.54) is 13.2 Å². The first-order chi connectivity index (χ1) is 13.8. The van der Waals surface area contributed by atoms with Gasteiger partial charge in [0.05, 0.1) is 18.1 Å². The molecular formula is C21H23N3O4S. The van der Waals surface area contributed by atoms with Crippen molar-refractivity contribution in [2.45, 2.75) is 24.7 Å². The molecule has 29 heavy (non-hydrogen) atoms. The van der Waals surface area contributed by atoms with E-state index in [0.29, 0.717) is 48.5 Å². The second-order valence-corrected chi connectivity index (χ2v) is 8.66. The minimum Gasteiger partial charge on any atom is -0.497 e. The van der Waals surface area contributed by atoms with E-state index in [9.17, 15) is 13.2 Å². The van der Waals surface area contributed by atoms with Gasteiger partial charge in [-0.15, -0.1) is 0 Å². The summed E-state index contributed by atoms with van der Waals surface area (Å²) in [6.45, 7) is 2.68. The average molecular weight is 413 g/mol. The zero-order valence-corrected chi connectivity index (χ0v) is 17.2. The molecule has 0 bridgehead atoms. The van der Waals surface area contributed by atoms with Gasteiger partial charge in [-0.3, -0.25) is 9.52 Å². The Morgan fingerprint density at radius 1 is 1.17 bits per heavy atom. The molecule has 0 radical (unpaired) electrons. The molecule has 152 valence electrons. The molecule has 2 aromatic carbocycles. The van der Waals surface area contributed by atoms with Gasteiger partial charge >= 0.3 is 0 Å². The normalized spacial score (nSPS) is 14.9. The Bertz CT molecular complexity index is 1030. The zero-order valence-electron chi connectivity index (χ0n) is 16.4. The number of hydrogen-bond donors (Lipinski definition) is 1. The number of likely N-dealkylation sites (tertiary alicyclic amines) is 1. The van der Waals surface area contributed by atoms with Crippen molar-refractivity contribution >= 4 is 21.6 Å². The lowest BCUT2D eigenvalue weighted by atomic mass is 9.98. The van der Waals surface area contributed by atoms with Gasteiger partial charge in [0.25, 0.3) is 15.9 Å². The van der Waals surface area contributed by atoms with Crippen molar-refractivity contribution in [3.63, 3.8) is 0 Å². The maximum Gasteiger partial charge on any atom is 0.262 e. The van der Waals surface area contributed by atoms with Crippen molar-refractivity contribution in [1.82, 2.24) is 4.90 Å². The van der Waals surface area contributed by atoms with Crippen molar-refractivity contribution in [3.05, 3.63) is 53.6 Å². The van der Waals surface area contributed by atoms with E-state index in [4.69, 9.17) is 10.00 Å². The van der Waals surface area contributed by atoms with Gasteiger partial charge in [-0.2, -0.15) is 5.26 Å². The highest BCUT2D eigenvalue weighted by Gasteiger charge is 2.25. The van der Waals surface area contributed by atoms with Crippen LogP contribution < -0.4 is 9.46 Å². The van der Waals surface area contributed by atoms with Crippen LogP contribution in [-0.4, -0.2) is 39.4 Å². The number of nitrogens with zero attached hydrogens (tertiary/aromatic N) is 2. The van der Waals surface area contributed by atoms with Gasteiger partial charge in [-0.05, 0) is 61.7 Å². The molecule has 1 fully saturated rings. The largest absolute Gasteiger partial charge is 0.497 e. The molecule has 1 saturated heterocycles. The van der Waals surface area contributed by atoms with Crippen LogP contribution in [0.4, 0.5) is 5.69 Å². The number of amides is 1. The summed E-state index contributed by atoms with van der Waals surface area (Å²) in [7, 11) is -2.33. The summed E-state index contributed by atoms with van der Waals surface area (Å²) in [5.74, 6) is 0.376. The third-order valence-corrected chi connectivity index (χ3v) is 6.55. The maximum atomic E-state index is 12.9. The summed E-state index contributed by atoms with van der Waals surface area (Å²) < 4.78 is 33.4. The summed E-state index contributed by atoms with van der Waals surface area (Å²) in [5, 5.41) is 9.01. The van der Waals surface area contributed by atoms with Crippen LogP contribution in [0.25, 0.3) is 0 Å². The molecule has 1 amide bonds. The Morgan fingerprint density at radius 3 is 2.41 bits per heavy atom. The van der Waals surface area contributed by atoms with Crippen LogP contribution in [0.5, 0.6) is 5.75 Å². The SMILES string of the molecule is COc1ccc(NS(=O)(=O)c2cc(C(=O)N3CCC(C#N)CC3)ccc2C)cc1. The first-order valence-electron chi connectivity index (χ1n) is 9.30. The third-order valence-electron chi connectivity index (χ3n) is 5.03. The minimum absolute atomic E-state index is 0.0262. The minimum atomic E-state index is -3.87. The molecule has 1 aliphatic heterocycles. The average Bonchev–Trinajstić information content (AvgIpc) is 2.74. The molecule has 0 aromatic heterocycles. The summed E-state index contributed by atoms with van der Waals surface area (Å²) >= 11 is 0. The molecule has 0 saturated carbocycles. The number of carbonyl (C=O) groups excluding carboxylic acids is 1. The van der Waals surface area contributed by atoms with Crippen LogP contribution in [0.1, 0.15) is 28.8 Å². The summed E-state index contributed by atoms with van der Waals surface area (Å²) in [6, 6.07) is 13.5. The molecule has 0 atom stereocenters. The van der Waals surface area contributed by atoms with Gasteiger partial charge in [0.1, 0.15) is 5.75 Å². The predicted molar refractivity (Wildman–Crippen MR) is 109 cm³/mol. The fourth-order valence-electron chi connectivity index (χ4n) is 3.29. The van der Waals surface area contributed by atoms with Crippen LogP contribution in [0.15, 0.2) is 47.4 Å². The summed E-state index contributed by atoms with van der Waals surface area (Å²) in [6.07, 6.45) is 1.27. The van der Waals surface area contributed by atoms with Crippen LogP contribution in [-0.2, 0) is 10.0 Å². The maximum absolute atomic E-state index is 12.9. The molecule has 0 spiro atoms. The van der Waals surface area contributed by atoms with Crippen LogP contribution in [0.3, 0.4) is 0 Å². The summed E-state index contributed by atoms with van der Waals surface area (Å²) in [5.41, 5.74) is 1.27. The molecular weight excluding hydrogens is 390 g/mol. The monoisotopic (exact) mass is 413 g/mol. The first-order valence-corrected chi connectivity index (χ1v) is 10.8. The van der Waals surface area contributed by atoms with Gasteiger partial charge in [0.15, 0.2) is 0 Å². The fraction of sp³-hybridized carbons (Fsp3) is 0.333. The third kappa shape index (κ3) is 4.69. The lowest BCUT2D eigenvalue weighted by Crippen LogP contribution is -2.38. The number of sulfonamides is 1. The van der Waals surface area contributed by atoms with Crippen molar-refractivity contribution < 1.29 is 17.9 Å². The van der Waals surface area contributed by atoms with Crippen LogP contribution in [0.2, 0.25) is 0 Å². The number of rotatable bonds is 5. The molecule has 8 heteroatoms. The Morgan fingerprint density at radius 2 is 1.83 bits per heavy atom. The Hall–Kier alpha value is -3.05. The highest BCUT2D eigenvalue weighted by molar-refractivity contribution is 7.92. The van der Waals surface area contributed by atoms with Gasteiger partial charge in [0.2, 0.25) is 0 Å². The molecule has 1 N–H and O–H groups in total. The highest BCUT2D eigenvalue weighted by Crippen LogP contribution is 2.24. The summed E-state index contributed by atoms with van der Waals surface area (Å²) in [4.78, 5) is 14.6. The second-order valence-electron chi connectivity index (χ2n) is 7.01. The van der Waals surface area contributed by atoms with E-state index < -0.39 is 10.0 Å². The molecule has 1 aliphatic rings. The van der Waals surface area contributed by atoms with Crippen molar-refractivity contribution in [1.29, 1.82) is 5.26 Å². The number of methoxy groups -OCH3 is 1. The van der Waals surface area contributed by atoms with Gasteiger partial charge in [0, 0.05) is 30.3 Å². The van der Waals surface area contributed by atoms with Crippen molar-refractivity contribution in [2.75, 3.05) is 24.9 Å². The number of piperidine rings is 1. The standard InChI is InChI=1S/C21H23N3O4S/c1-15-3-4-17(21(25)24-11-9-16(14-22)10-12-24)13-20(15)29(26,27)23-18-5-7-19(28-2)8-6-18/h3-8,13,16,23H,9-12H2,1-2H3. The van der Waals surface area contributed by atoms with Gasteiger partial charge in [-0.25, -0.2) is 8.42 Å². The molecule has 7 nitrogen and oxygen atoms in total. The fourth-order valence-corrected chi connectivity index (χ4v) is 4.62.